The first-order valence-electron chi connectivity index (χ1n) is 13.1. The summed E-state index contributed by atoms with van der Waals surface area (Å²) >= 11 is 1.56. The van der Waals surface area contributed by atoms with Crippen LogP contribution in [0.4, 0.5) is 11.4 Å². The van der Waals surface area contributed by atoms with Gasteiger partial charge in [-0.05, 0) is 56.2 Å². The smallest absolute Gasteiger partial charge is 0.275 e. The number of aryl methyl sites for hydroxylation is 1. The minimum atomic E-state index is -0.157. The molecule has 0 atom stereocenters. The monoisotopic (exact) mass is 502 g/mol. The number of piperidine rings is 2. The topological polar surface area (TPSA) is 65.5 Å². The molecule has 3 aromatic rings. The lowest BCUT2D eigenvalue weighted by Crippen LogP contribution is -2.38. The molecule has 0 spiro atoms. The van der Waals surface area contributed by atoms with E-state index in [0.717, 1.165) is 61.8 Å². The summed E-state index contributed by atoms with van der Waals surface area (Å²) in [6.07, 6.45) is 6.77. The molecule has 0 unspecified atom stereocenters. The van der Waals surface area contributed by atoms with Gasteiger partial charge in [-0.2, -0.15) is 0 Å². The van der Waals surface area contributed by atoms with Crippen molar-refractivity contribution < 1.29 is 9.59 Å². The number of carbonyl (C=O) groups is 2. The molecular formula is C29H34N4O2S. The van der Waals surface area contributed by atoms with Crippen LogP contribution in [0.3, 0.4) is 0 Å². The van der Waals surface area contributed by atoms with Crippen LogP contribution in [0.1, 0.15) is 65.5 Å². The molecule has 2 aromatic carbocycles. The molecule has 0 saturated carbocycles. The number of para-hydroxylation sites is 2. The Kier molecular flexibility index (Phi) is 7.96. The predicted octanol–water partition coefficient (Wildman–Crippen LogP) is 5.72. The molecule has 1 N–H and O–H groups in total. The summed E-state index contributed by atoms with van der Waals surface area (Å²) < 4.78 is 0. The average Bonchev–Trinajstić information content (AvgIpc) is 3.44. The number of nitrogens with one attached hydrogen (secondary N) is 1. The van der Waals surface area contributed by atoms with Crippen LogP contribution >= 0.6 is 11.3 Å². The van der Waals surface area contributed by atoms with Gasteiger partial charge >= 0.3 is 0 Å². The lowest BCUT2D eigenvalue weighted by atomic mass is 9.97. The Bertz CT molecular complexity index is 1160. The van der Waals surface area contributed by atoms with Gasteiger partial charge in [0, 0.05) is 43.9 Å². The molecule has 0 bridgehead atoms. The third-order valence-electron chi connectivity index (χ3n) is 7.27. The maximum atomic E-state index is 13.0. The number of thiazole rings is 1. The van der Waals surface area contributed by atoms with Gasteiger partial charge in [0.1, 0.15) is 5.69 Å². The molecule has 188 valence electrons. The zero-order valence-electron chi connectivity index (χ0n) is 20.7. The number of likely N-dealkylation sites (tertiary alicyclic amines) is 1. The first-order chi connectivity index (χ1) is 17.7. The van der Waals surface area contributed by atoms with Crippen LogP contribution in [0.2, 0.25) is 0 Å². The minimum absolute atomic E-state index is 0.157. The van der Waals surface area contributed by atoms with Crippen LogP contribution in [0.15, 0.2) is 60.0 Å². The molecule has 0 aliphatic carbocycles. The summed E-state index contributed by atoms with van der Waals surface area (Å²) in [5.41, 5.74) is 3.62. The second-order valence-electron chi connectivity index (χ2n) is 9.73. The minimum Gasteiger partial charge on any atom is -0.370 e. The van der Waals surface area contributed by atoms with E-state index < -0.39 is 0 Å². The fourth-order valence-electron chi connectivity index (χ4n) is 5.19. The summed E-state index contributed by atoms with van der Waals surface area (Å²) in [4.78, 5) is 34.8. The third-order valence-corrected chi connectivity index (χ3v) is 8.28. The molecule has 3 heterocycles. The zero-order chi connectivity index (χ0) is 24.7. The average molecular weight is 503 g/mol. The van der Waals surface area contributed by atoms with Crippen molar-refractivity contribution in [3.05, 3.63) is 76.2 Å². The molecule has 2 aliphatic heterocycles. The Labute approximate surface area is 217 Å². The molecule has 2 aliphatic rings. The van der Waals surface area contributed by atoms with Gasteiger partial charge in [-0.25, -0.2) is 4.98 Å². The number of carbonyl (C=O) groups excluding carboxylic acids is 2. The summed E-state index contributed by atoms with van der Waals surface area (Å²) in [5, 5.41) is 5.97. The van der Waals surface area contributed by atoms with E-state index in [1.165, 1.54) is 24.8 Å². The molecular weight excluding hydrogens is 468 g/mol. The van der Waals surface area contributed by atoms with Crippen LogP contribution < -0.4 is 10.2 Å². The van der Waals surface area contributed by atoms with Crippen molar-refractivity contribution in [2.24, 2.45) is 0 Å². The SMILES string of the molecule is O=C(Nc1ccccc1N1CCCCC1)c1csc(C2CCN(C(=O)CCc3ccccc3)CC2)n1. The highest BCUT2D eigenvalue weighted by Crippen LogP contribution is 2.32. The van der Waals surface area contributed by atoms with E-state index in [1.54, 1.807) is 11.3 Å². The van der Waals surface area contributed by atoms with Crippen molar-refractivity contribution in [3.63, 3.8) is 0 Å². The second kappa shape index (κ2) is 11.7. The summed E-state index contributed by atoms with van der Waals surface area (Å²) in [7, 11) is 0. The number of hydrogen-bond acceptors (Lipinski definition) is 5. The Morgan fingerprint density at radius 3 is 2.42 bits per heavy atom. The lowest BCUT2D eigenvalue weighted by Gasteiger charge is -2.31. The molecule has 2 amide bonds. The third kappa shape index (κ3) is 5.95. The normalized spacial score (nSPS) is 16.7. The Morgan fingerprint density at radius 2 is 1.64 bits per heavy atom. The van der Waals surface area contributed by atoms with Crippen molar-refractivity contribution in [2.45, 2.75) is 50.9 Å². The van der Waals surface area contributed by atoms with Crippen LogP contribution in [-0.2, 0) is 11.2 Å². The molecule has 5 rings (SSSR count). The van der Waals surface area contributed by atoms with E-state index in [0.29, 0.717) is 18.0 Å². The maximum Gasteiger partial charge on any atom is 0.275 e. The highest BCUT2D eigenvalue weighted by atomic mass is 32.1. The number of nitrogens with zero attached hydrogens (tertiary/aromatic N) is 3. The number of hydrogen-bond donors (Lipinski definition) is 1. The first kappa shape index (κ1) is 24.5. The fraction of sp³-hybridized carbons (Fsp3) is 0.414. The largest absolute Gasteiger partial charge is 0.370 e. The van der Waals surface area contributed by atoms with Gasteiger partial charge in [0.15, 0.2) is 0 Å². The number of aromatic nitrogens is 1. The van der Waals surface area contributed by atoms with Crippen LogP contribution in [0, 0.1) is 0 Å². The maximum absolute atomic E-state index is 13.0. The van der Waals surface area contributed by atoms with Crippen molar-refractivity contribution in [3.8, 4) is 0 Å². The highest BCUT2D eigenvalue weighted by Gasteiger charge is 2.26. The van der Waals surface area contributed by atoms with Gasteiger partial charge in [-0.1, -0.05) is 42.5 Å². The number of amides is 2. The van der Waals surface area contributed by atoms with Gasteiger partial charge in [0.25, 0.3) is 5.91 Å². The lowest BCUT2D eigenvalue weighted by molar-refractivity contribution is -0.132. The standard InChI is InChI=1S/C29H34N4O2S/c34-27(14-13-22-9-3-1-4-10-22)33-19-15-23(16-20-33)29-31-25(21-36-29)28(35)30-24-11-5-6-12-26(24)32-17-7-2-8-18-32/h1,3-6,9-12,21,23H,2,7-8,13-20H2,(H,30,35). The molecule has 36 heavy (non-hydrogen) atoms. The van der Waals surface area contributed by atoms with Crippen LogP contribution in [-0.4, -0.2) is 47.9 Å². The number of rotatable bonds is 7. The van der Waals surface area contributed by atoms with E-state index in [4.69, 9.17) is 4.98 Å². The highest BCUT2D eigenvalue weighted by molar-refractivity contribution is 7.10. The van der Waals surface area contributed by atoms with Crippen molar-refractivity contribution in [2.75, 3.05) is 36.4 Å². The molecule has 2 fully saturated rings. The molecule has 0 radical (unpaired) electrons. The van der Waals surface area contributed by atoms with E-state index in [2.05, 4.69) is 28.4 Å². The molecule has 7 heteroatoms. The quantitative estimate of drug-likeness (QED) is 0.448. The predicted molar refractivity (Wildman–Crippen MR) is 146 cm³/mol. The van der Waals surface area contributed by atoms with E-state index >= 15 is 0 Å². The van der Waals surface area contributed by atoms with Gasteiger partial charge in [0.2, 0.25) is 5.91 Å². The summed E-state index contributed by atoms with van der Waals surface area (Å²) in [6.45, 7) is 3.56. The fourth-order valence-corrected chi connectivity index (χ4v) is 6.16. The number of benzene rings is 2. The van der Waals surface area contributed by atoms with Gasteiger partial charge < -0.3 is 15.1 Å². The molecule has 6 nitrogen and oxygen atoms in total. The van der Waals surface area contributed by atoms with E-state index in [-0.39, 0.29) is 11.8 Å². The van der Waals surface area contributed by atoms with Gasteiger partial charge in [-0.3, -0.25) is 9.59 Å². The Morgan fingerprint density at radius 1 is 0.917 bits per heavy atom. The van der Waals surface area contributed by atoms with Crippen molar-refractivity contribution in [1.82, 2.24) is 9.88 Å². The first-order valence-corrected chi connectivity index (χ1v) is 14.0. The summed E-state index contributed by atoms with van der Waals surface area (Å²) in [6, 6.07) is 18.2. The Balaban J connectivity index is 1.14. The van der Waals surface area contributed by atoms with Gasteiger partial charge in [-0.15, -0.1) is 11.3 Å². The van der Waals surface area contributed by atoms with E-state index in [1.807, 2.05) is 46.7 Å². The van der Waals surface area contributed by atoms with Crippen molar-refractivity contribution >= 4 is 34.5 Å². The van der Waals surface area contributed by atoms with E-state index in [9.17, 15) is 9.59 Å². The van der Waals surface area contributed by atoms with Crippen LogP contribution in [0.25, 0.3) is 0 Å². The second-order valence-corrected chi connectivity index (χ2v) is 10.6. The molecule has 1 aromatic heterocycles. The zero-order valence-corrected chi connectivity index (χ0v) is 21.5. The van der Waals surface area contributed by atoms with Crippen LogP contribution in [0.5, 0.6) is 0 Å². The number of anilines is 2. The summed E-state index contributed by atoms with van der Waals surface area (Å²) in [5.74, 6) is 0.370. The van der Waals surface area contributed by atoms with Gasteiger partial charge in [0.05, 0.1) is 16.4 Å². The van der Waals surface area contributed by atoms with Crippen molar-refractivity contribution in [1.29, 1.82) is 0 Å². The molecule has 2 saturated heterocycles. The Hall–Kier alpha value is -3.19.